The molecule has 0 radical (unpaired) electrons. The Kier molecular flexibility index (Phi) is 5.42. The molecule has 6 heteroatoms. The molecule has 2 aliphatic rings. The van der Waals surface area contributed by atoms with Gasteiger partial charge in [-0.05, 0) is 55.0 Å². The fourth-order valence-electron chi connectivity index (χ4n) is 4.09. The Labute approximate surface area is 190 Å². The van der Waals surface area contributed by atoms with Crippen molar-refractivity contribution in [2.45, 2.75) is 25.6 Å². The topological polar surface area (TPSA) is 54.3 Å². The van der Waals surface area contributed by atoms with Gasteiger partial charge in [-0.25, -0.2) is 5.01 Å². The van der Waals surface area contributed by atoms with Crippen LogP contribution in [-0.4, -0.2) is 29.0 Å². The fourth-order valence-corrected chi connectivity index (χ4v) is 4.47. The molecule has 5 nitrogen and oxygen atoms in total. The van der Waals surface area contributed by atoms with Crippen LogP contribution in [0.3, 0.4) is 0 Å². The molecular weight excluding hydrogens is 456 g/mol. The van der Waals surface area contributed by atoms with Gasteiger partial charge in [-0.1, -0.05) is 45.8 Å². The summed E-state index contributed by atoms with van der Waals surface area (Å²) in [4.78, 5) is 0. The van der Waals surface area contributed by atoms with Crippen LogP contribution >= 0.6 is 15.9 Å². The third-order valence-electron chi connectivity index (χ3n) is 5.66. The first-order valence-corrected chi connectivity index (χ1v) is 11.1. The maximum absolute atomic E-state index is 8.97. The fraction of sp³-hybridized carbons (Fsp3) is 0.240. The van der Waals surface area contributed by atoms with Crippen LogP contribution in [0.15, 0.2) is 76.3 Å². The Morgan fingerprint density at radius 2 is 1.87 bits per heavy atom. The second-order valence-corrected chi connectivity index (χ2v) is 8.72. The summed E-state index contributed by atoms with van der Waals surface area (Å²) in [5.41, 5.74) is 5.58. The number of aryl methyl sites for hydroxylation is 1. The van der Waals surface area contributed by atoms with Crippen LogP contribution in [-0.2, 0) is 0 Å². The van der Waals surface area contributed by atoms with E-state index in [2.05, 4.69) is 58.2 Å². The molecule has 158 valence electrons. The number of nitrogens with zero attached hydrogens (tertiary/aromatic N) is 2. The number of ether oxygens (including phenoxy) is 2. The average molecular weight is 479 g/mol. The lowest BCUT2D eigenvalue weighted by molar-refractivity contribution is -0.0191. The third kappa shape index (κ3) is 3.93. The predicted octanol–water partition coefficient (Wildman–Crippen LogP) is 5.37. The van der Waals surface area contributed by atoms with Crippen molar-refractivity contribution in [3.8, 4) is 11.5 Å². The number of aliphatic hydroxyl groups is 1. The first-order valence-electron chi connectivity index (χ1n) is 10.3. The van der Waals surface area contributed by atoms with Crippen molar-refractivity contribution in [1.82, 2.24) is 5.01 Å². The summed E-state index contributed by atoms with van der Waals surface area (Å²) < 4.78 is 13.0. The highest BCUT2D eigenvalue weighted by atomic mass is 79.9. The van der Waals surface area contributed by atoms with E-state index in [0.29, 0.717) is 0 Å². The van der Waals surface area contributed by atoms with Crippen LogP contribution in [0.5, 0.6) is 11.5 Å². The zero-order valence-corrected chi connectivity index (χ0v) is 18.7. The monoisotopic (exact) mass is 478 g/mol. The van der Waals surface area contributed by atoms with E-state index in [1.165, 1.54) is 5.56 Å². The summed E-state index contributed by atoms with van der Waals surface area (Å²) in [5, 5.41) is 16.1. The molecule has 0 amide bonds. The molecule has 0 aliphatic carbocycles. The Hall–Kier alpha value is -2.83. The molecule has 0 saturated carbocycles. The zero-order valence-electron chi connectivity index (χ0n) is 17.2. The van der Waals surface area contributed by atoms with Crippen molar-refractivity contribution in [2.75, 3.05) is 13.2 Å². The number of benzene rings is 3. The average Bonchev–Trinajstić information content (AvgIpc) is 3.24. The third-order valence-corrected chi connectivity index (χ3v) is 6.16. The Bertz CT molecular complexity index is 1110. The summed E-state index contributed by atoms with van der Waals surface area (Å²) in [7, 11) is 0. The minimum atomic E-state index is -0.325. The molecule has 0 unspecified atom stereocenters. The lowest BCUT2D eigenvalue weighted by atomic mass is 9.95. The lowest BCUT2D eigenvalue weighted by Crippen LogP contribution is -2.33. The molecule has 5 rings (SSSR count). The molecule has 2 atom stereocenters. The van der Waals surface area contributed by atoms with Crippen molar-refractivity contribution in [3.05, 3.63) is 93.5 Å². The number of aliphatic hydroxyl groups excluding tert-OH is 1. The molecule has 2 aliphatic heterocycles. The highest BCUT2D eigenvalue weighted by Gasteiger charge is 2.41. The van der Waals surface area contributed by atoms with Crippen LogP contribution in [0.25, 0.3) is 0 Å². The van der Waals surface area contributed by atoms with Gasteiger partial charge in [0.05, 0.1) is 18.4 Å². The summed E-state index contributed by atoms with van der Waals surface area (Å²) >= 11 is 3.60. The SMILES string of the molecule is Cc1ccc(C2=NN3[C@@H](C2)c2cc(Br)ccc2O[C@H]3c2ccc(OCCO)cc2)cc1. The van der Waals surface area contributed by atoms with Gasteiger partial charge in [0.1, 0.15) is 18.1 Å². The summed E-state index contributed by atoms with van der Waals surface area (Å²) in [5.74, 6) is 1.61. The first-order chi connectivity index (χ1) is 15.1. The molecule has 0 saturated heterocycles. The van der Waals surface area contributed by atoms with Gasteiger partial charge >= 0.3 is 0 Å². The Balaban J connectivity index is 1.52. The summed E-state index contributed by atoms with van der Waals surface area (Å²) in [6.07, 6.45) is 0.498. The molecular formula is C25H23BrN2O3. The number of halogens is 1. The molecule has 31 heavy (non-hydrogen) atoms. The maximum atomic E-state index is 8.97. The smallest absolute Gasteiger partial charge is 0.213 e. The van der Waals surface area contributed by atoms with Crippen molar-refractivity contribution >= 4 is 21.6 Å². The first kappa shape index (κ1) is 20.1. The van der Waals surface area contributed by atoms with Crippen LogP contribution < -0.4 is 9.47 Å². The standard InChI is InChI=1S/C25H23BrN2O3/c1-16-2-4-17(5-3-16)22-15-23-21-14-19(26)8-11-24(21)31-25(28(23)27-22)18-6-9-20(10-7-18)30-13-12-29/h2-11,14,23,25,29H,12-13,15H2,1H3/t23-,25-/m0/s1. The van der Waals surface area contributed by atoms with E-state index in [-0.39, 0.29) is 25.5 Å². The Morgan fingerprint density at radius 3 is 2.61 bits per heavy atom. The molecule has 3 aromatic rings. The van der Waals surface area contributed by atoms with Crippen LogP contribution in [0.4, 0.5) is 0 Å². The van der Waals surface area contributed by atoms with E-state index < -0.39 is 0 Å². The molecule has 0 spiro atoms. The maximum Gasteiger partial charge on any atom is 0.213 e. The van der Waals surface area contributed by atoms with Gasteiger partial charge in [-0.3, -0.25) is 0 Å². The zero-order chi connectivity index (χ0) is 21.4. The van der Waals surface area contributed by atoms with Gasteiger partial charge in [-0.15, -0.1) is 0 Å². The van der Waals surface area contributed by atoms with E-state index in [0.717, 1.165) is 44.8 Å². The van der Waals surface area contributed by atoms with Gasteiger partial charge < -0.3 is 14.6 Å². The van der Waals surface area contributed by atoms with Crippen LogP contribution in [0.2, 0.25) is 0 Å². The van der Waals surface area contributed by atoms with E-state index in [1.807, 2.05) is 36.4 Å². The van der Waals surface area contributed by atoms with Gasteiger partial charge in [0, 0.05) is 22.0 Å². The molecule has 3 aromatic carbocycles. The predicted molar refractivity (Wildman–Crippen MR) is 123 cm³/mol. The Morgan fingerprint density at radius 1 is 1.10 bits per heavy atom. The number of fused-ring (bicyclic) bond motifs is 3. The van der Waals surface area contributed by atoms with Gasteiger partial charge in [0.15, 0.2) is 0 Å². The normalized spacial score (nSPS) is 19.3. The van der Waals surface area contributed by atoms with Crippen LogP contribution in [0, 0.1) is 6.92 Å². The van der Waals surface area contributed by atoms with Gasteiger partial charge in [-0.2, -0.15) is 5.10 Å². The van der Waals surface area contributed by atoms with E-state index in [1.54, 1.807) is 0 Å². The molecule has 0 fully saturated rings. The van der Waals surface area contributed by atoms with E-state index >= 15 is 0 Å². The van der Waals surface area contributed by atoms with E-state index in [4.69, 9.17) is 19.7 Å². The highest BCUT2D eigenvalue weighted by molar-refractivity contribution is 9.10. The second-order valence-electron chi connectivity index (χ2n) is 7.81. The number of rotatable bonds is 5. The second kappa shape index (κ2) is 8.36. The molecule has 0 bridgehead atoms. The number of hydrogen-bond donors (Lipinski definition) is 1. The largest absolute Gasteiger partial charge is 0.491 e. The highest BCUT2D eigenvalue weighted by Crippen LogP contribution is 2.48. The number of hydrogen-bond acceptors (Lipinski definition) is 5. The van der Waals surface area contributed by atoms with E-state index in [9.17, 15) is 0 Å². The van der Waals surface area contributed by atoms with Crippen molar-refractivity contribution < 1.29 is 14.6 Å². The minimum Gasteiger partial charge on any atom is -0.491 e. The lowest BCUT2D eigenvalue weighted by Gasteiger charge is -2.38. The van der Waals surface area contributed by atoms with Gasteiger partial charge in [0.25, 0.3) is 0 Å². The molecule has 2 heterocycles. The molecule has 1 N–H and O–H groups in total. The van der Waals surface area contributed by atoms with Crippen LogP contribution in [0.1, 0.15) is 40.9 Å². The quantitative estimate of drug-likeness (QED) is 0.535. The number of hydrazone groups is 1. The van der Waals surface area contributed by atoms with Crippen molar-refractivity contribution in [1.29, 1.82) is 0 Å². The van der Waals surface area contributed by atoms with Crippen molar-refractivity contribution in [2.24, 2.45) is 5.10 Å². The van der Waals surface area contributed by atoms with Gasteiger partial charge in [0.2, 0.25) is 6.23 Å². The summed E-state index contributed by atoms with van der Waals surface area (Å²) in [6.45, 7) is 2.36. The van der Waals surface area contributed by atoms with Crippen molar-refractivity contribution in [3.63, 3.8) is 0 Å². The summed E-state index contributed by atoms with van der Waals surface area (Å²) in [6, 6.07) is 22.6. The minimum absolute atomic E-state index is 0.00814. The molecule has 0 aromatic heterocycles.